The van der Waals surface area contributed by atoms with E-state index in [9.17, 15) is 9.59 Å². The molecule has 106 valence electrons. The Morgan fingerprint density at radius 2 is 2.20 bits per heavy atom. The van der Waals surface area contributed by atoms with Crippen molar-refractivity contribution in [3.8, 4) is 0 Å². The van der Waals surface area contributed by atoms with Crippen LogP contribution < -0.4 is 5.32 Å². The van der Waals surface area contributed by atoms with E-state index in [1.807, 2.05) is 13.8 Å². The molecule has 1 amide bonds. The van der Waals surface area contributed by atoms with Crippen molar-refractivity contribution in [2.24, 2.45) is 0 Å². The van der Waals surface area contributed by atoms with E-state index in [2.05, 4.69) is 10.4 Å². The molecular formula is C13H16N4O3. The monoisotopic (exact) mass is 276 g/mol. The number of carbonyl (C=O) groups is 2. The Balaban J connectivity index is 2.01. The maximum atomic E-state index is 11.9. The highest BCUT2D eigenvalue weighted by Gasteiger charge is 2.12. The predicted octanol–water partition coefficient (Wildman–Crippen LogP) is 1.60. The molecule has 0 unspecified atom stereocenters. The summed E-state index contributed by atoms with van der Waals surface area (Å²) in [4.78, 5) is 22.8. The summed E-state index contributed by atoms with van der Waals surface area (Å²) in [6.45, 7) is 3.91. The second kappa shape index (κ2) is 5.60. The topological polar surface area (TPSA) is 89.2 Å². The molecule has 0 radical (unpaired) electrons. The van der Waals surface area contributed by atoms with Gasteiger partial charge in [-0.1, -0.05) is 0 Å². The van der Waals surface area contributed by atoms with Crippen molar-refractivity contribution >= 4 is 17.6 Å². The Hall–Kier alpha value is -2.57. The van der Waals surface area contributed by atoms with Gasteiger partial charge in [-0.2, -0.15) is 5.10 Å². The second-order valence-corrected chi connectivity index (χ2v) is 4.68. The van der Waals surface area contributed by atoms with Crippen LogP contribution in [-0.2, 0) is 11.3 Å². The lowest BCUT2D eigenvalue weighted by Crippen LogP contribution is -2.20. The number of hydrogen-bond acceptors (Lipinski definition) is 3. The van der Waals surface area contributed by atoms with Crippen LogP contribution in [-0.4, -0.2) is 31.3 Å². The molecule has 0 saturated heterocycles. The molecule has 2 aromatic rings. The van der Waals surface area contributed by atoms with Gasteiger partial charge in [-0.05, 0) is 26.0 Å². The maximum Gasteiger partial charge on any atom is 0.352 e. The highest BCUT2D eigenvalue weighted by molar-refractivity contribution is 5.91. The van der Waals surface area contributed by atoms with Crippen LogP contribution in [0.5, 0.6) is 0 Å². The van der Waals surface area contributed by atoms with Crippen LogP contribution in [0.3, 0.4) is 0 Å². The van der Waals surface area contributed by atoms with Gasteiger partial charge in [0.2, 0.25) is 5.91 Å². The first-order valence-electron chi connectivity index (χ1n) is 6.20. The van der Waals surface area contributed by atoms with Gasteiger partial charge in [-0.3, -0.25) is 9.48 Å². The molecule has 0 aromatic carbocycles. The number of carbonyl (C=O) groups excluding carboxylic acids is 1. The largest absolute Gasteiger partial charge is 0.477 e. The molecule has 0 aliphatic rings. The zero-order valence-corrected chi connectivity index (χ0v) is 11.3. The standard InChI is InChI=1S/C13H16N4O3/c1-9(2)17-7-10(6-14-17)15-12(18)8-16-5-3-4-11(16)13(19)20/h3-7,9H,8H2,1-2H3,(H,15,18)(H,19,20). The molecular weight excluding hydrogens is 260 g/mol. The number of nitrogens with one attached hydrogen (secondary N) is 1. The quantitative estimate of drug-likeness (QED) is 0.868. The molecule has 2 heterocycles. The number of aromatic carboxylic acids is 1. The fraction of sp³-hybridized carbons (Fsp3) is 0.308. The van der Waals surface area contributed by atoms with E-state index in [1.54, 1.807) is 29.3 Å². The van der Waals surface area contributed by atoms with Crippen molar-refractivity contribution in [1.29, 1.82) is 0 Å². The summed E-state index contributed by atoms with van der Waals surface area (Å²) < 4.78 is 3.11. The van der Waals surface area contributed by atoms with Crippen LogP contribution in [0.2, 0.25) is 0 Å². The first-order valence-corrected chi connectivity index (χ1v) is 6.20. The summed E-state index contributed by atoms with van der Waals surface area (Å²) in [6.07, 6.45) is 4.85. The lowest BCUT2D eigenvalue weighted by atomic mass is 10.4. The third-order valence-electron chi connectivity index (χ3n) is 2.78. The Morgan fingerprint density at radius 3 is 2.80 bits per heavy atom. The molecule has 20 heavy (non-hydrogen) atoms. The molecule has 2 aromatic heterocycles. The number of rotatable bonds is 5. The van der Waals surface area contributed by atoms with E-state index >= 15 is 0 Å². The van der Waals surface area contributed by atoms with Crippen molar-refractivity contribution in [2.75, 3.05) is 5.32 Å². The first-order chi connectivity index (χ1) is 9.47. The third kappa shape index (κ3) is 3.05. The van der Waals surface area contributed by atoms with Crippen LogP contribution in [0, 0.1) is 0 Å². The molecule has 2 rings (SSSR count). The van der Waals surface area contributed by atoms with Gasteiger partial charge < -0.3 is 15.0 Å². The van der Waals surface area contributed by atoms with Gasteiger partial charge in [0.15, 0.2) is 0 Å². The van der Waals surface area contributed by atoms with Gasteiger partial charge in [-0.25, -0.2) is 4.79 Å². The fourth-order valence-corrected chi connectivity index (χ4v) is 1.79. The van der Waals surface area contributed by atoms with Crippen molar-refractivity contribution in [2.45, 2.75) is 26.4 Å². The van der Waals surface area contributed by atoms with Crippen LogP contribution in [0.1, 0.15) is 30.4 Å². The molecule has 7 nitrogen and oxygen atoms in total. The SMILES string of the molecule is CC(C)n1cc(NC(=O)Cn2cccc2C(=O)O)cn1. The van der Waals surface area contributed by atoms with E-state index in [-0.39, 0.29) is 24.2 Å². The lowest BCUT2D eigenvalue weighted by molar-refractivity contribution is -0.116. The summed E-state index contributed by atoms with van der Waals surface area (Å²) in [7, 11) is 0. The van der Waals surface area contributed by atoms with Gasteiger partial charge >= 0.3 is 5.97 Å². The summed E-state index contributed by atoms with van der Waals surface area (Å²) in [5, 5.41) is 15.8. The minimum absolute atomic E-state index is 0.0541. The van der Waals surface area contributed by atoms with Crippen molar-refractivity contribution in [3.05, 3.63) is 36.4 Å². The zero-order valence-electron chi connectivity index (χ0n) is 11.3. The van der Waals surface area contributed by atoms with Crippen LogP contribution >= 0.6 is 0 Å². The van der Waals surface area contributed by atoms with Crippen molar-refractivity contribution in [1.82, 2.24) is 14.3 Å². The minimum atomic E-state index is -1.06. The highest BCUT2D eigenvalue weighted by Crippen LogP contribution is 2.10. The number of amides is 1. The summed E-state index contributed by atoms with van der Waals surface area (Å²) in [6, 6.07) is 3.25. The van der Waals surface area contributed by atoms with Gasteiger partial charge in [0, 0.05) is 18.4 Å². The number of carboxylic acid groups (broad SMARTS) is 1. The number of aromatic nitrogens is 3. The number of anilines is 1. The smallest absolute Gasteiger partial charge is 0.352 e. The summed E-state index contributed by atoms with van der Waals surface area (Å²) in [5.41, 5.74) is 0.672. The molecule has 0 spiro atoms. The average molecular weight is 276 g/mol. The third-order valence-corrected chi connectivity index (χ3v) is 2.78. The molecule has 0 saturated carbocycles. The number of carboxylic acids is 1. The Bertz CT molecular complexity index is 627. The molecule has 0 atom stereocenters. The molecule has 0 fully saturated rings. The summed E-state index contributed by atoms with van der Waals surface area (Å²) in [5.74, 6) is -1.36. The van der Waals surface area contributed by atoms with E-state index in [4.69, 9.17) is 5.11 Å². The predicted molar refractivity (Wildman–Crippen MR) is 72.6 cm³/mol. The van der Waals surface area contributed by atoms with E-state index < -0.39 is 5.97 Å². The van der Waals surface area contributed by atoms with E-state index in [0.717, 1.165) is 0 Å². The van der Waals surface area contributed by atoms with Crippen LogP contribution in [0.25, 0.3) is 0 Å². The van der Waals surface area contributed by atoms with Gasteiger partial charge in [0.25, 0.3) is 0 Å². The van der Waals surface area contributed by atoms with E-state index in [1.165, 1.54) is 10.6 Å². The Kier molecular flexibility index (Phi) is 3.88. The average Bonchev–Trinajstić information content (AvgIpc) is 2.97. The Morgan fingerprint density at radius 1 is 1.45 bits per heavy atom. The normalized spacial score (nSPS) is 10.8. The molecule has 0 aliphatic carbocycles. The summed E-state index contributed by atoms with van der Waals surface area (Å²) >= 11 is 0. The first kappa shape index (κ1) is 13.9. The maximum absolute atomic E-state index is 11.9. The number of hydrogen-bond donors (Lipinski definition) is 2. The molecule has 2 N–H and O–H groups in total. The number of nitrogens with zero attached hydrogens (tertiary/aromatic N) is 3. The fourth-order valence-electron chi connectivity index (χ4n) is 1.79. The lowest BCUT2D eigenvalue weighted by Gasteiger charge is -2.06. The second-order valence-electron chi connectivity index (χ2n) is 4.68. The molecule has 0 bridgehead atoms. The van der Waals surface area contributed by atoms with Crippen LogP contribution in [0.15, 0.2) is 30.7 Å². The van der Waals surface area contributed by atoms with Gasteiger partial charge in [0.1, 0.15) is 12.2 Å². The Labute approximate surface area is 115 Å². The zero-order chi connectivity index (χ0) is 14.7. The van der Waals surface area contributed by atoms with Crippen LogP contribution in [0.4, 0.5) is 5.69 Å². The van der Waals surface area contributed by atoms with Crippen molar-refractivity contribution in [3.63, 3.8) is 0 Å². The molecule has 0 aliphatic heterocycles. The highest BCUT2D eigenvalue weighted by atomic mass is 16.4. The minimum Gasteiger partial charge on any atom is -0.477 e. The van der Waals surface area contributed by atoms with Gasteiger partial charge in [0.05, 0.1) is 11.9 Å². The molecule has 7 heteroatoms. The van der Waals surface area contributed by atoms with Gasteiger partial charge in [-0.15, -0.1) is 0 Å². The van der Waals surface area contributed by atoms with E-state index in [0.29, 0.717) is 5.69 Å². The van der Waals surface area contributed by atoms with Crippen molar-refractivity contribution < 1.29 is 14.7 Å².